The van der Waals surface area contributed by atoms with Crippen molar-refractivity contribution >= 4 is 17.9 Å². The van der Waals surface area contributed by atoms with Crippen LogP contribution in [0.25, 0.3) is 0 Å². The number of likely N-dealkylation sites (N-methyl/N-ethyl adjacent to an activating group) is 1. The Morgan fingerprint density at radius 3 is 0.988 bits per heavy atom. The predicted molar refractivity (Wildman–Crippen MR) is 343 cm³/mol. The van der Waals surface area contributed by atoms with Crippen LogP contribution >= 0.6 is 0 Å². The van der Waals surface area contributed by atoms with E-state index in [4.69, 9.17) is 18.9 Å². The van der Waals surface area contributed by atoms with E-state index in [2.05, 4.69) is 74.6 Å². The highest BCUT2D eigenvalue weighted by Gasteiger charge is 2.22. The molecule has 0 heterocycles. The quantitative estimate of drug-likeness (QED) is 0.0195. The van der Waals surface area contributed by atoms with Crippen LogP contribution in [0.3, 0.4) is 0 Å². The fourth-order valence-corrected chi connectivity index (χ4v) is 9.93. The summed E-state index contributed by atoms with van der Waals surface area (Å²) in [5.74, 6) is -2.27. The van der Waals surface area contributed by atoms with Crippen molar-refractivity contribution in [3.8, 4) is 0 Å². The average molecular weight is 1140 g/mol. The molecule has 2 atom stereocenters. The molecular weight excluding hydrogens is 1010 g/mol. The van der Waals surface area contributed by atoms with Crippen molar-refractivity contribution in [2.45, 2.75) is 334 Å². The van der Waals surface area contributed by atoms with Gasteiger partial charge in [0, 0.05) is 12.8 Å². The zero-order chi connectivity index (χ0) is 59.1. The Morgan fingerprint density at radius 2 is 0.667 bits per heavy atom. The first kappa shape index (κ1) is 78.0. The number of nitrogens with zero attached hydrogens (tertiary/aromatic N) is 1. The maximum atomic E-state index is 12.9. The maximum Gasteiger partial charge on any atom is 0.306 e. The summed E-state index contributed by atoms with van der Waals surface area (Å²) < 4.78 is 22.8. The molecule has 0 spiro atoms. The van der Waals surface area contributed by atoms with Gasteiger partial charge in [-0.3, -0.25) is 9.59 Å². The lowest BCUT2D eigenvalue weighted by atomic mass is 10.0. The SMILES string of the molecule is CCCCCCC/C=C\C/C=C\C/C=C\CCCCCCCCCCCCC(=O)OC(COC(=O)CCCCCCCCCCCCCCCCCCCCC/C=C\C/C=C\CCCCCCC)COC(OCC[N+](C)(C)C)C(=O)[O-]. The molecule has 0 amide bonds. The highest BCUT2D eigenvalue weighted by Crippen LogP contribution is 2.18. The second-order valence-corrected chi connectivity index (χ2v) is 24.5. The number of unbranched alkanes of at least 4 members (excludes halogenated alkanes) is 39. The third-order valence-electron chi connectivity index (χ3n) is 15.2. The molecule has 472 valence electrons. The van der Waals surface area contributed by atoms with Crippen LogP contribution in [0.2, 0.25) is 0 Å². The summed E-state index contributed by atoms with van der Waals surface area (Å²) in [5, 5.41) is 11.8. The second-order valence-electron chi connectivity index (χ2n) is 24.5. The normalized spacial score (nSPS) is 13.0. The van der Waals surface area contributed by atoms with Crippen molar-refractivity contribution in [2.24, 2.45) is 0 Å². The molecule has 0 aromatic carbocycles. The Bertz CT molecular complexity index is 1510. The number of carboxylic acids is 1. The highest BCUT2D eigenvalue weighted by atomic mass is 16.7. The van der Waals surface area contributed by atoms with Gasteiger partial charge in [0.25, 0.3) is 0 Å². The molecule has 0 bridgehead atoms. The summed E-state index contributed by atoms with van der Waals surface area (Å²) in [6.45, 7) is 4.76. The van der Waals surface area contributed by atoms with Gasteiger partial charge in [-0.15, -0.1) is 0 Å². The minimum absolute atomic E-state index is 0.147. The first-order valence-corrected chi connectivity index (χ1v) is 34.4. The Balaban J connectivity index is 4.10. The maximum absolute atomic E-state index is 12.9. The van der Waals surface area contributed by atoms with Crippen LogP contribution in [0, 0.1) is 0 Å². The van der Waals surface area contributed by atoms with E-state index in [1.807, 2.05) is 21.1 Å². The van der Waals surface area contributed by atoms with Gasteiger partial charge in [-0.25, -0.2) is 0 Å². The number of rotatable bonds is 64. The van der Waals surface area contributed by atoms with E-state index in [-0.39, 0.29) is 32.2 Å². The molecule has 0 rings (SSSR count). The lowest BCUT2D eigenvalue weighted by Crippen LogP contribution is -2.44. The molecule has 81 heavy (non-hydrogen) atoms. The molecular formula is C72H131NO8. The Morgan fingerprint density at radius 1 is 0.370 bits per heavy atom. The number of carbonyl (C=O) groups is 3. The van der Waals surface area contributed by atoms with Gasteiger partial charge in [0.15, 0.2) is 12.4 Å². The first-order valence-electron chi connectivity index (χ1n) is 34.4. The number of carboxylic acid groups (broad SMARTS) is 1. The Labute approximate surface area is 501 Å². The van der Waals surface area contributed by atoms with Gasteiger partial charge >= 0.3 is 11.9 Å². The molecule has 0 aromatic rings. The number of hydrogen-bond donors (Lipinski definition) is 0. The lowest BCUT2D eigenvalue weighted by Gasteiger charge is -2.26. The largest absolute Gasteiger partial charge is 0.545 e. The number of aliphatic carboxylic acids is 1. The number of hydrogen-bond acceptors (Lipinski definition) is 8. The van der Waals surface area contributed by atoms with E-state index in [0.29, 0.717) is 23.9 Å². The molecule has 0 aliphatic rings. The summed E-state index contributed by atoms with van der Waals surface area (Å²) >= 11 is 0. The number of quaternary nitrogens is 1. The Hall–Kier alpha value is -3.01. The van der Waals surface area contributed by atoms with Gasteiger partial charge in [-0.2, -0.15) is 0 Å². The van der Waals surface area contributed by atoms with Crippen LogP contribution in [-0.4, -0.2) is 82.3 Å². The van der Waals surface area contributed by atoms with Crippen LogP contribution in [0.4, 0.5) is 0 Å². The van der Waals surface area contributed by atoms with Crippen LogP contribution in [0.1, 0.15) is 322 Å². The van der Waals surface area contributed by atoms with Crippen molar-refractivity contribution in [2.75, 3.05) is 47.5 Å². The van der Waals surface area contributed by atoms with Gasteiger partial charge in [0.2, 0.25) is 0 Å². The second kappa shape index (κ2) is 63.0. The van der Waals surface area contributed by atoms with Gasteiger partial charge < -0.3 is 33.3 Å². The van der Waals surface area contributed by atoms with E-state index in [0.717, 1.165) is 64.2 Å². The van der Waals surface area contributed by atoms with Gasteiger partial charge in [0.05, 0.1) is 40.3 Å². The van der Waals surface area contributed by atoms with Crippen molar-refractivity contribution in [3.63, 3.8) is 0 Å². The van der Waals surface area contributed by atoms with Crippen LogP contribution in [0.15, 0.2) is 60.8 Å². The molecule has 0 aliphatic heterocycles. The van der Waals surface area contributed by atoms with Crippen LogP contribution < -0.4 is 5.11 Å². The summed E-state index contributed by atoms with van der Waals surface area (Å²) in [7, 11) is 5.93. The summed E-state index contributed by atoms with van der Waals surface area (Å²) in [5.41, 5.74) is 0. The average Bonchev–Trinajstić information content (AvgIpc) is 3.44. The van der Waals surface area contributed by atoms with Gasteiger partial charge in [-0.1, -0.05) is 286 Å². The van der Waals surface area contributed by atoms with E-state index < -0.39 is 24.3 Å². The molecule has 0 fully saturated rings. The minimum Gasteiger partial charge on any atom is -0.545 e. The van der Waals surface area contributed by atoms with Crippen molar-refractivity contribution in [1.29, 1.82) is 0 Å². The van der Waals surface area contributed by atoms with Crippen LogP contribution in [-0.2, 0) is 33.3 Å². The van der Waals surface area contributed by atoms with Crippen molar-refractivity contribution in [3.05, 3.63) is 60.8 Å². The minimum atomic E-state index is -1.62. The molecule has 2 unspecified atom stereocenters. The van der Waals surface area contributed by atoms with Crippen molar-refractivity contribution < 1.29 is 42.9 Å². The Kier molecular flexibility index (Phi) is 60.7. The zero-order valence-corrected chi connectivity index (χ0v) is 53.9. The molecule has 0 saturated heterocycles. The van der Waals surface area contributed by atoms with Crippen LogP contribution in [0.5, 0.6) is 0 Å². The fourth-order valence-electron chi connectivity index (χ4n) is 9.93. The first-order chi connectivity index (χ1) is 39.6. The third-order valence-corrected chi connectivity index (χ3v) is 15.2. The number of allylic oxidation sites excluding steroid dienone is 10. The third kappa shape index (κ3) is 64.4. The summed E-state index contributed by atoms with van der Waals surface area (Å²) in [6.07, 6.45) is 78.7. The van der Waals surface area contributed by atoms with E-state index >= 15 is 0 Å². The molecule has 0 radical (unpaired) electrons. The predicted octanol–water partition coefficient (Wildman–Crippen LogP) is 19.8. The smallest absolute Gasteiger partial charge is 0.306 e. The molecule has 0 N–H and O–H groups in total. The van der Waals surface area contributed by atoms with E-state index in [1.54, 1.807) is 0 Å². The number of ether oxygens (including phenoxy) is 4. The number of esters is 2. The fraction of sp³-hybridized carbons (Fsp3) is 0.819. The lowest BCUT2D eigenvalue weighted by molar-refractivity contribution is -0.870. The van der Waals surface area contributed by atoms with E-state index in [9.17, 15) is 19.5 Å². The zero-order valence-electron chi connectivity index (χ0n) is 53.9. The topological polar surface area (TPSA) is 111 Å². The molecule has 0 aromatic heterocycles. The van der Waals surface area contributed by atoms with Gasteiger partial charge in [-0.05, 0) is 83.5 Å². The molecule has 9 heteroatoms. The van der Waals surface area contributed by atoms with Gasteiger partial charge in [0.1, 0.15) is 13.2 Å². The molecule has 0 saturated carbocycles. The van der Waals surface area contributed by atoms with E-state index in [1.165, 1.54) is 225 Å². The standard InChI is InChI=1S/C72H131NO8/c1-6-8-10-12-14-16-18-20-22-24-26-28-30-32-33-34-35-36-37-39-40-42-44-46-48-50-52-54-56-58-60-62-69(74)79-66-68(67-80-72(71(76)77)78-65-64-73(3,4)5)81-70(75)63-61-59-57-55-53-51-49-47-45-43-41-38-31-29-27-25-23-21-19-17-15-13-11-9-7-2/h18-21,24-27,31,38,68,72H,6-17,22-23,28-30,32-37,39-67H2,1-5H3/b20-18-,21-19-,26-24-,27-25-,38-31-. The summed E-state index contributed by atoms with van der Waals surface area (Å²) in [6, 6.07) is 0. The molecule has 9 nitrogen and oxygen atoms in total. The monoisotopic (exact) mass is 1140 g/mol. The van der Waals surface area contributed by atoms with Crippen molar-refractivity contribution in [1.82, 2.24) is 0 Å². The molecule has 0 aliphatic carbocycles. The highest BCUT2D eigenvalue weighted by molar-refractivity contribution is 5.70. The summed E-state index contributed by atoms with van der Waals surface area (Å²) in [4.78, 5) is 37.5. The number of carbonyl (C=O) groups excluding carboxylic acids is 3.